The van der Waals surface area contributed by atoms with Crippen LogP contribution in [0.1, 0.15) is 85.5 Å². The van der Waals surface area contributed by atoms with E-state index in [0.29, 0.717) is 47.5 Å². The number of ether oxygens (including phenoxy) is 1. The van der Waals surface area contributed by atoms with Gasteiger partial charge in [0.05, 0.1) is 31.0 Å². The molecule has 0 amide bonds. The maximum Gasteiger partial charge on any atom is 0.0622 e. The molecule has 5 aliphatic rings. The zero-order chi connectivity index (χ0) is 22.1. The van der Waals surface area contributed by atoms with Gasteiger partial charge in [0.25, 0.3) is 0 Å². The van der Waals surface area contributed by atoms with Gasteiger partial charge in [0, 0.05) is 5.92 Å². The zero-order valence-corrected chi connectivity index (χ0v) is 20.2. The predicted molar refractivity (Wildman–Crippen MR) is 121 cm³/mol. The molecular weight excluding hydrogens is 388 g/mol. The second-order valence-corrected chi connectivity index (χ2v) is 12.9. The van der Waals surface area contributed by atoms with Crippen LogP contribution in [0.4, 0.5) is 0 Å². The van der Waals surface area contributed by atoms with Crippen molar-refractivity contribution in [2.24, 2.45) is 52.3 Å². The highest BCUT2D eigenvalue weighted by atomic mass is 16.5. The Morgan fingerprint density at radius 3 is 2.45 bits per heavy atom. The van der Waals surface area contributed by atoms with Gasteiger partial charge >= 0.3 is 0 Å². The first-order valence-corrected chi connectivity index (χ1v) is 13.3. The molecule has 4 heteroatoms. The van der Waals surface area contributed by atoms with Crippen LogP contribution < -0.4 is 0 Å². The molecule has 1 aliphatic heterocycles. The van der Waals surface area contributed by atoms with Crippen molar-refractivity contribution in [2.75, 3.05) is 6.61 Å². The third kappa shape index (κ3) is 3.37. The van der Waals surface area contributed by atoms with E-state index in [0.717, 1.165) is 51.6 Å². The standard InChI is InChI=1S/C27H46O4/c1-15(5-8-23-16(2)14-31-23)19-6-7-20-25-21(13-24(30)27(19,20)4)26(3)10-9-18(28)11-17(26)12-22(25)29/h15-25,28-30H,5-14H2,1-4H3. The van der Waals surface area contributed by atoms with Crippen LogP contribution >= 0.6 is 0 Å². The number of hydrogen-bond donors (Lipinski definition) is 3. The Morgan fingerprint density at radius 1 is 1.00 bits per heavy atom. The van der Waals surface area contributed by atoms with E-state index in [1.54, 1.807) is 0 Å². The molecule has 13 atom stereocenters. The van der Waals surface area contributed by atoms with E-state index in [-0.39, 0.29) is 29.1 Å². The maximum atomic E-state index is 11.7. The van der Waals surface area contributed by atoms with Crippen LogP contribution in [0.2, 0.25) is 0 Å². The molecule has 4 saturated carbocycles. The second-order valence-electron chi connectivity index (χ2n) is 12.9. The molecule has 0 aromatic carbocycles. The lowest BCUT2D eigenvalue weighted by Crippen LogP contribution is -2.62. The minimum absolute atomic E-state index is 0.0783. The SMILES string of the molecule is CC1COC1CCC(C)C1CCC2C3C(O)CC4CC(O)CCC4(C)C3CC(O)C12C. The van der Waals surface area contributed by atoms with Crippen molar-refractivity contribution < 1.29 is 20.1 Å². The highest BCUT2D eigenvalue weighted by molar-refractivity contribution is 5.14. The molecule has 31 heavy (non-hydrogen) atoms. The van der Waals surface area contributed by atoms with E-state index in [9.17, 15) is 15.3 Å². The van der Waals surface area contributed by atoms with Crippen molar-refractivity contribution in [3.05, 3.63) is 0 Å². The molecule has 1 saturated heterocycles. The molecule has 1 heterocycles. The molecule has 5 fully saturated rings. The Labute approximate surface area is 189 Å². The maximum absolute atomic E-state index is 11.7. The third-order valence-corrected chi connectivity index (χ3v) is 11.6. The molecule has 178 valence electrons. The number of aliphatic hydroxyl groups excluding tert-OH is 3. The first-order valence-electron chi connectivity index (χ1n) is 13.3. The molecule has 0 aromatic rings. The van der Waals surface area contributed by atoms with Gasteiger partial charge in [-0.1, -0.05) is 27.7 Å². The lowest BCUT2D eigenvalue weighted by molar-refractivity contribution is -0.207. The molecule has 4 nitrogen and oxygen atoms in total. The summed E-state index contributed by atoms with van der Waals surface area (Å²) in [6, 6.07) is 0. The number of fused-ring (bicyclic) bond motifs is 5. The molecule has 4 aliphatic carbocycles. The molecule has 0 aromatic heterocycles. The van der Waals surface area contributed by atoms with Crippen LogP contribution in [0.5, 0.6) is 0 Å². The van der Waals surface area contributed by atoms with Gasteiger partial charge in [0.2, 0.25) is 0 Å². The van der Waals surface area contributed by atoms with E-state index in [2.05, 4.69) is 27.7 Å². The van der Waals surface area contributed by atoms with Gasteiger partial charge in [-0.05, 0) is 104 Å². The Kier molecular flexibility index (Phi) is 5.81. The van der Waals surface area contributed by atoms with Crippen molar-refractivity contribution in [2.45, 2.75) is 110 Å². The Balaban J connectivity index is 1.36. The quantitative estimate of drug-likeness (QED) is 0.613. The minimum Gasteiger partial charge on any atom is -0.393 e. The van der Waals surface area contributed by atoms with Gasteiger partial charge in [0.1, 0.15) is 0 Å². The fraction of sp³-hybridized carbons (Fsp3) is 1.00. The number of aliphatic hydroxyl groups is 3. The Hall–Kier alpha value is -0.160. The second kappa shape index (κ2) is 7.96. The summed E-state index contributed by atoms with van der Waals surface area (Å²) in [5.41, 5.74) is 0.0812. The fourth-order valence-corrected chi connectivity index (χ4v) is 9.55. The lowest BCUT2D eigenvalue weighted by Gasteiger charge is -2.63. The van der Waals surface area contributed by atoms with Crippen LogP contribution in [0.3, 0.4) is 0 Å². The van der Waals surface area contributed by atoms with Crippen molar-refractivity contribution >= 4 is 0 Å². The first-order chi connectivity index (χ1) is 14.7. The zero-order valence-electron chi connectivity index (χ0n) is 20.2. The normalized spacial score (nSPS) is 57.4. The van der Waals surface area contributed by atoms with Crippen LogP contribution in [0, 0.1) is 52.3 Å². The van der Waals surface area contributed by atoms with Crippen molar-refractivity contribution in [1.82, 2.24) is 0 Å². The monoisotopic (exact) mass is 434 g/mol. The minimum atomic E-state index is -0.276. The summed E-state index contributed by atoms with van der Waals surface area (Å²) in [6.07, 6.45) is 8.78. The summed E-state index contributed by atoms with van der Waals surface area (Å²) in [5, 5.41) is 33.3. The largest absolute Gasteiger partial charge is 0.393 e. The van der Waals surface area contributed by atoms with Crippen LogP contribution in [0.15, 0.2) is 0 Å². The van der Waals surface area contributed by atoms with Gasteiger partial charge < -0.3 is 20.1 Å². The van der Waals surface area contributed by atoms with E-state index >= 15 is 0 Å². The van der Waals surface area contributed by atoms with Crippen LogP contribution in [-0.2, 0) is 4.74 Å². The van der Waals surface area contributed by atoms with Crippen LogP contribution in [0.25, 0.3) is 0 Å². The van der Waals surface area contributed by atoms with E-state index in [1.807, 2.05) is 0 Å². The average molecular weight is 435 g/mol. The Morgan fingerprint density at radius 2 is 1.77 bits per heavy atom. The molecule has 5 rings (SSSR count). The molecule has 3 N–H and O–H groups in total. The predicted octanol–water partition coefficient (Wildman–Crippen LogP) is 4.40. The molecule has 0 radical (unpaired) electrons. The third-order valence-electron chi connectivity index (χ3n) is 11.6. The van der Waals surface area contributed by atoms with Gasteiger partial charge in [-0.15, -0.1) is 0 Å². The lowest BCUT2D eigenvalue weighted by atomic mass is 9.43. The summed E-state index contributed by atoms with van der Waals surface area (Å²) in [4.78, 5) is 0. The topological polar surface area (TPSA) is 69.9 Å². The number of hydrogen-bond acceptors (Lipinski definition) is 4. The van der Waals surface area contributed by atoms with E-state index in [1.165, 1.54) is 12.8 Å². The molecule has 13 unspecified atom stereocenters. The first kappa shape index (κ1) is 22.6. The van der Waals surface area contributed by atoms with Crippen LogP contribution in [-0.4, -0.2) is 46.3 Å². The summed E-state index contributed by atoms with van der Waals surface area (Å²) >= 11 is 0. The van der Waals surface area contributed by atoms with Crippen molar-refractivity contribution in [3.8, 4) is 0 Å². The van der Waals surface area contributed by atoms with E-state index < -0.39 is 0 Å². The molecule has 0 spiro atoms. The van der Waals surface area contributed by atoms with Crippen molar-refractivity contribution in [3.63, 3.8) is 0 Å². The van der Waals surface area contributed by atoms with Crippen molar-refractivity contribution in [1.29, 1.82) is 0 Å². The highest BCUT2D eigenvalue weighted by Gasteiger charge is 2.65. The average Bonchev–Trinajstić information content (AvgIpc) is 3.07. The van der Waals surface area contributed by atoms with E-state index in [4.69, 9.17) is 4.74 Å². The van der Waals surface area contributed by atoms with Gasteiger partial charge in [-0.25, -0.2) is 0 Å². The number of rotatable bonds is 4. The van der Waals surface area contributed by atoms with Gasteiger partial charge in [-0.3, -0.25) is 0 Å². The van der Waals surface area contributed by atoms with Gasteiger partial charge in [0.15, 0.2) is 0 Å². The summed E-state index contributed by atoms with van der Waals surface area (Å²) in [5.74, 6) is 3.34. The molecular formula is C27H46O4. The highest BCUT2D eigenvalue weighted by Crippen LogP contribution is 2.68. The summed E-state index contributed by atoms with van der Waals surface area (Å²) in [7, 11) is 0. The molecule has 0 bridgehead atoms. The summed E-state index contributed by atoms with van der Waals surface area (Å²) in [6.45, 7) is 10.4. The smallest absolute Gasteiger partial charge is 0.0622 e. The summed E-state index contributed by atoms with van der Waals surface area (Å²) < 4.78 is 5.76. The fourth-order valence-electron chi connectivity index (χ4n) is 9.55. The van der Waals surface area contributed by atoms with Gasteiger partial charge in [-0.2, -0.15) is 0 Å². The Bertz CT molecular complexity index is 668.